The van der Waals surface area contributed by atoms with Gasteiger partial charge in [-0.05, 0) is 50.9 Å². The first-order valence-corrected chi connectivity index (χ1v) is 9.65. The SMILES string of the molecule is CCCCN1CCC(CNC(=O)c2cc(OC)nc3ccccc23)CC1. The van der Waals surface area contributed by atoms with E-state index in [-0.39, 0.29) is 5.91 Å². The van der Waals surface area contributed by atoms with Gasteiger partial charge in [-0.3, -0.25) is 4.79 Å². The summed E-state index contributed by atoms with van der Waals surface area (Å²) in [4.78, 5) is 19.7. The number of aromatic nitrogens is 1. The van der Waals surface area contributed by atoms with E-state index < -0.39 is 0 Å². The topological polar surface area (TPSA) is 54.5 Å². The molecule has 26 heavy (non-hydrogen) atoms. The molecule has 5 heteroatoms. The number of para-hydroxylation sites is 1. The number of pyridine rings is 1. The number of carbonyl (C=O) groups excluding carboxylic acids is 1. The Hall–Kier alpha value is -2.14. The molecule has 1 N–H and O–H groups in total. The van der Waals surface area contributed by atoms with Crippen molar-refractivity contribution in [3.8, 4) is 5.88 Å². The third kappa shape index (κ3) is 4.52. The fourth-order valence-corrected chi connectivity index (χ4v) is 3.57. The number of unbranched alkanes of at least 4 members (excludes halogenated alkanes) is 1. The Morgan fingerprint density at radius 2 is 2.08 bits per heavy atom. The van der Waals surface area contributed by atoms with E-state index in [9.17, 15) is 4.79 Å². The molecule has 0 bridgehead atoms. The Morgan fingerprint density at radius 3 is 2.81 bits per heavy atom. The molecule has 5 nitrogen and oxygen atoms in total. The molecule has 0 saturated carbocycles. The molecule has 2 aromatic rings. The minimum atomic E-state index is -0.0460. The number of benzene rings is 1. The van der Waals surface area contributed by atoms with Crippen LogP contribution in [0.2, 0.25) is 0 Å². The van der Waals surface area contributed by atoms with Gasteiger partial charge in [0.25, 0.3) is 5.91 Å². The molecule has 0 spiro atoms. The molecule has 1 saturated heterocycles. The van der Waals surface area contributed by atoms with Crippen LogP contribution in [0.1, 0.15) is 43.0 Å². The molecule has 1 aromatic carbocycles. The summed E-state index contributed by atoms with van der Waals surface area (Å²) < 4.78 is 5.25. The van der Waals surface area contributed by atoms with Gasteiger partial charge in [0.1, 0.15) is 0 Å². The minimum Gasteiger partial charge on any atom is -0.481 e. The normalized spacial score (nSPS) is 15.9. The van der Waals surface area contributed by atoms with Gasteiger partial charge in [0.05, 0.1) is 18.2 Å². The highest BCUT2D eigenvalue weighted by Crippen LogP contribution is 2.22. The second kappa shape index (κ2) is 8.99. The quantitative estimate of drug-likeness (QED) is 0.826. The first-order chi connectivity index (χ1) is 12.7. The average Bonchev–Trinajstić information content (AvgIpc) is 2.70. The highest BCUT2D eigenvalue weighted by atomic mass is 16.5. The molecule has 0 radical (unpaired) electrons. The van der Waals surface area contributed by atoms with Crippen LogP contribution >= 0.6 is 0 Å². The second-order valence-corrected chi connectivity index (χ2v) is 7.08. The molecule has 3 rings (SSSR count). The van der Waals surface area contributed by atoms with Crippen LogP contribution in [-0.4, -0.2) is 49.1 Å². The van der Waals surface area contributed by atoms with Gasteiger partial charge in [0.2, 0.25) is 5.88 Å². The number of carbonyl (C=O) groups is 1. The molecule has 1 fully saturated rings. The van der Waals surface area contributed by atoms with Crippen molar-refractivity contribution in [2.45, 2.75) is 32.6 Å². The summed E-state index contributed by atoms with van der Waals surface area (Å²) in [5.41, 5.74) is 1.41. The fourth-order valence-electron chi connectivity index (χ4n) is 3.57. The fraction of sp³-hybridized carbons (Fsp3) is 0.524. The lowest BCUT2D eigenvalue weighted by Gasteiger charge is -2.31. The van der Waals surface area contributed by atoms with E-state index in [0.717, 1.165) is 43.4 Å². The first-order valence-electron chi connectivity index (χ1n) is 9.65. The van der Waals surface area contributed by atoms with Crippen LogP contribution in [0.4, 0.5) is 0 Å². The van der Waals surface area contributed by atoms with Crippen molar-refractivity contribution < 1.29 is 9.53 Å². The number of hydrogen-bond donors (Lipinski definition) is 1. The van der Waals surface area contributed by atoms with Gasteiger partial charge in [-0.1, -0.05) is 31.5 Å². The van der Waals surface area contributed by atoms with Crippen LogP contribution in [0.3, 0.4) is 0 Å². The standard InChI is InChI=1S/C21H29N3O2/c1-3-4-11-24-12-9-16(10-13-24)15-22-21(25)18-14-20(26-2)23-19-8-6-5-7-17(18)19/h5-8,14,16H,3-4,9-13,15H2,1-2H3,(H,22,25). The van der Waals surface area contributed by atoms with Gasteiger partial charge in [-0.15, -0.1) is 0 Å². The summed E-state index contributed by atoms with van der Waals surface area (Å²) in [6.07, 6.45) is 4.84. The van der Waals surface area contributed by atoms with Crippen molar-refractivity contribution in [1.82, 2.24) is 15.2 Å². The number of fused-ring (bicyclic) bond motifs is 1. The van der Waals surface area contributed by atoms with E-state index in [1.54, 1.807) is 13.2 Å². The Labute approximate surface area is 155 Å². The highest BCUT2D eigenvalue weighted by Gasteiger charge is 2.20. The van der Waals surface area contributed by atoms with E-state index in [0.29, 0.717) is 17.4 Å². The number of piperidine rings is 1. The lowest BCUT2D eigenvalue weighted by atomic mass is 9.96. The third-order valence-corrected chi connectivity index (χ3v) is 5.23. The van der Waals surface area contributed by atoms with Crippen LogP contribution in [0.15, 0.2) is 30.3 Å². The van der Waals surface area contributed by atoms with Gasteiger partial charge >= 0.3 is 0 Å². The molecule has 1 amide bonds. The largest absolute Gasteiger partial charge is 0.481 e. The maximum absolute atomic E-state index is 12.8. The van der Waals surface area contributed by atoms with Crippen molar-refractivity contribution in [2.24, 2.45) is 5.92 Å². The number of rotatable bonds is 7. The number of ether oxygens (including phenoxy) is 1. The molecule has 140 valence electrons. The molecule has 0 unspecified atom stereocenters. The number of nitrogens with zero attached hydrogens (tertiary/aromatic N) is 2. The van der Waals surface area contributed by atoms with Crippen LogP contribution in [-0.2, 0) is 0 Å². The summed E-state index contributed by atoms with van der Waals surface area (Å²) in [7, 11) is 1.57. The van der Waals surface area contributed by atoms with E-state index in [1.807, 2.05) is 24.3 Å². The van der Waals surface area contributed by atoms with Gasteiger partial charge in [-0.25, -0.2) is 4.98 Å². The average molecular weight is 355 g/mol. The Kier molecular flexibility index (Phi) is 6.45. The van der Waals surface area contributed by atoms with Crippen molar-refractivity contribution in [3.05, 3.63) is 35.9 Å². The number of nitrogens with one attached hydrogen (secondary N) is 1. The van der Waals surface area contributed by atoms with Crippen LogP contribution < -0.4 is 10.1 Å². The zero-order valence-electron chi connectivity index (χ0n) is 15.8. The van der Waals surface area contributed by atoms with Gasteiger partial charge in [-0.2, -0.15) is 0 Å². The molecule has 0 aliphatic carbocycles. The zero-order chi connectivity index (χ0) is 18.4. The van der Waals surface area contributed by atoms with Crippen LogP contribution in [0.25, 0.3) is 10.9 Å². The predicted molar refractivity (Wildman–Crippen MR) is 105 cm³/mol. The molecule has 1 aromatic heterocycles. The maximum atomic E-state index is 12.8. The third-order valence-electron chi connectivity index (χ3n) is 5.23. The molecule has 1 aliphatic rings. The van der Waals surface area contributed by atoms with E-state index in [4.69, 9.17) is 4.74 Å². The van der Waals surface area contributed by atoms with E-state index >= 15 is 0 Å². The summed E-state index contributed by atoms with van der Waals surface area (Å²) in [5, 5.41) is 3.99. The van der Waals surface area contributed by atoms with Crippen molar-refractivity contribution in [3.63, 3.8) is 0 Å². The second-order valence-electron chi connectivity index (χ2n) is 7.08. The molecular formula is C21H29N3O2. The van der Waals surface area contributed by atoms with Crippen molar-refractivity contribution in [2.75, 3.05) is 33.3 Å². The zero-order valence-corrected chi connectivity index (χ0v) is 15.8. The lowest BCUT2D eigenvalue weighted by molar-refractivity contribution is 0.0937. The Bertz CT molecular complexity index is 739. The smallest absolute Gasteiger partial charge is 0.252 e. The van der Waals surface area contributed by atoms with Gasteiger partial charge < -0.3 is 15.0 Å². The molecular weight excluding hydrogens is 326 g/mol. The van der Waals surface area contributed by atoms with E-state index in [1.165, 1.54) is 19.4 Å². The van der Waals surface area contributed by atoms with E-state index in [2.05, 4.69) is 22.1 Å². The summed E-state index contributed by atoms with van der Waals surface area (Å²) in [6, 6.07) is 9.41. The number of hydrogen-bond acceptors (Lipinski definition) is 4. The van der Waals surface area contributed by atoms with Gasteiger partial charge in [0, 0.05) is 18.0 Å². The molecule has 1 aliphatic heterocycles. The molecule has 0 atom stereocenters. The lowest BCUT2D eigenvalue weighted by Crippen LogP contribution is -2.39. The van der Waals surface area contributed by atoms with Crippen molar-refractivity contribution >= 4 is 16.8 Å². The first kappa shape index (κ1) is 18.6. The summed E-state index contributed by atoms with van der Waals surface area (Å²) in [6.45, 7) is 6.47. The van der Waals surface area contributed by atoms with Crippen molar-refractivity contribution in [1.29, 1.82) is 0 Å². The molecule has 2 heterocycles. The summed E-state index contributed by atoms with van der Waals surface area (Å²) >= 11 is 0. The predicted octanol–water partition coefficient (Wildman–Crippen LogP) is 3.49. The highest BCUT2D eigenvalue weighted by molar-refractivity contribution is 6.06. The number of methoxy groups -OCH3 is 1. The minimum absolute atomic E-state index is 0.0460. The van der Waals surface area contributed by atoms with Crippen LogP contribution in [0.5, 0.6) is 5.88 Å². The maximum Gasteiger partial charge on any atom is 0.252 e. The summed E-state index contributed by atoms with van der Waals surface area (Å²) in [5.74, 6) is 0.986. The monoisotopic (exact) mass is 355 g/mol. The Morgan fingerprint density at radius 1 is 1.31 bits per heavy atom. The number of likely N-dealkylation sites (tertiary alicyclic amines) is 1. The van der Waals surface area contributed by atoms with Gasteiger partial charge in [0.15, 0.2) is 0 Å². The Balaban J connectivity index is 1.60. The van der Waals surface area contributed by atoms with Crippen LogP contribution in [0, 0.1) is 5.92 Å². The number of amides is 1.